The molecule has 0 bridgehead atoms. The summed E-state index contributed by atoms with van der Waals surface area (Å²) in [5, 5.41) is 2.59. The van der Waals surface area contributed by atoms with Crippen molar-refractivity contribution in [3.05, 3.63) is 90.1 Å². The number of hydrogen-bond donors (Lipinski definition) is 1. The highest BCUT2D eigenvalue weighted by atomic mass is 19.1. The maximum atomic E-state index is 13.8. The average molecular weight is 379 g/mol. The van der Waals surface area contributed by atoms with Crippen LogP contribution in [0, 0.1) is 11.6 Å². The maximum absolute atomic E-state index is 13.8. The number of anilines is 1. The number of nitrogens with zero attached hydrogens (tertiary/aromatic N) is 2. The molecule has 0 unspecified atom stereocenters. The molecule has 0 aliphatic rings. The highest BCUT2D eigenvalue weighted by Gasteiger charge is 2.17. The number of carbonyl (C=O) groups is 1. The van der Waals surface area contributed by atoms with Crippen LogP contribution in [0.1, 0.15) is 5.56 Å². The van der Waals surface area contributed by atoms with E-state index >= 15 is 0 Å². The fourth-order valence-corrected chi connectivity index (χ4v) is 2.85. The van der Waals surface area contributed by atoms with Gasteiger partial charge in [0.1, 0.15) is 23.9 Å². The Bertz CT molecular complexity index is 1130. The van der Waals surface area contributed by atoms with Gasteiger partial charge >= 0.3 is 6.09 Å². The third-order valence-corrected chi connectivity index (χ3v) is 4.13. The van der Waals surface area contributed by atoms with Crippen LogP contribution in [0.4, 0.5) is 19.4 Å². The molecule has 0 spiro atoms. The molecule has 28 heavy (non-hydrogen) atoms. The Kier molecular flexibility index (Phi) is 4.72. The van der Waals surface area contributed by atoms with Crippen LogP contribution in [-0.4, -0.2) is 15.5 Å². The zero-order valence-electron chi connectivity index (χ0n) is 14.6. The molecule has 7 heteroatoms. The highest BCUT2D eigenvalue weighted by Crippen LogP contribution is 2.29. The van der Waals surface area contributed by atoms with Gasteiger partial charge in [-0.05, 0) is 42.0 Å². The molecule has 140 valence electrons. The second-order valence-corrected chi connectivity index (χ2v) is 6.08. The number of aromatic nitrogens is 2. The van der Waals surface area contributed by atoms with E-state index in [4.69, 9.17) is 4.74 Å². The smallest absolute Gasteiger partial charge is 0.413 e. The van der Waals surface area contributed by atoms with Gasteiger partial charge in [0.2, 0.25) is 0 Å². The molecule has 0 aliphatic heterocycles. The summed E-state index contributed by atoms with van der Waals surface area (Å²) in [6.07, 6.45) is 0.553. The number of hydrogen-bond acceptors (Lipinski definition) is 3. The Morgan fingerprint density at radius 2 is 1.68 bits per heavy atom. The van der Waals surface area contributed by atoms with Gasteiger partial charge in [-0.15, -0.1) is 0 Å². The predicted molar refractivity (Wildman–Crippen MR) is 101 cm³/mol. The summed E-state index contributed by atoms with van der Waals surface area (Å²) in [6.45, 7) is 0.0978. The van der Waals surface area contributed by atoms with E-state index in [2.05, 4.69) is 10.3 Å². The molecule has 0 saturated heterocycles. The highest BCUT2D eigenvalue weighted by molar-refractivity contribution is 5.90. The first-order valence-corrected chi connectivity index (χ1v) is 8.51. The van der Waals surface area contributed by atoms with E-state index in [0.717, 1.165) is 5.56 Å². The molecule has 5 nitrogen and oxygen atoms in total. The van der Waals surface area contributed by atoms with E-state index in [0.29, 0.717) is 16.9 Å². The van der Waals surface area contributed by atoms with Crippen LogP contribution in [0.5, 0.6) is 0 Å². The first-order chi connectivity index (χ1) is 13.6. The molecule has 0 atom stereocenters. The van der Waals surface area contributed by atoms with Crippen LogP contribution in [-0.2, 0) is 11.3 Å². The van der Waals surface area contributed by atoms with Crippen LogP contribution in [0.3, 0.4) is 0 Å². The van der Waals surface area contributed by atoms with E-state index in [-0.39, 0.29) is 12.4 Å². The van der Waals surface area contributed by atoms with Crippen molar-refractivity contribution in [1.82, 2.24) is 9.38 Å². The van der Waals surface area contributed by atoms with Gasteiger partial charge in [0.05, 0.1) is 5.69 Å². The van der Waals surface area contributed by atoms with Gasteiger partial charge in [0.15, 0.2) is 5.82 Å². The monoisotopic (exact) mass is 379 g/mol. The van der Waals surface area contributed by atoms with Gasteiger partial charge in [-0.1, -0.05) is 30.3 Å². The van der Waals surface area contributed by atoms with Gasteiger partial charge < -0.3 is 4.74 Å². The average Bonchev–Trinajstić information content (AvgIpc) is 3.05. The minimum absolute atomic E-state index is 0.0978. The zero-order valence-corrected chi connectivity index (χ0v) is 14.6. The first kappa shape index (κ1) is 17.7. The number of benzene rings is 2. The van der Waals surface area contributed by atoms with Gasteiger partial charge in [-0.2, -0.15) is 0 Å². The number of nitrogens with one attached hydrogen (secondary N) is 1. The Morgan fingerprint density at radius 1 is 0.964 bits per heavy atom. The molecule has 0 saturated carbocycles. The van der Waals surface area contributed by atoms with E-state index in [1.165, 1.54) is 47.0 Å². The third-order valence-electron chi connectivity index (χ3n) is 4.13. The molecule has 2 aromatic carbocycles. The number of ether oxygens (including phenoxy) is 1. The number of rotatable bonds is 4. The van der Waals surface area contributed by atoms with E-state index < -0.39 is 17.7 Å². The second-order valence-electron chi connectivity index (χ2n) is 6.08. The standard InChI is InChI=1S/C21H15F2N3O2/c22-16-8-6-15(7-9-16)19-20(24-18-11-10-17(23)12-26(18)19)25-21(27)28-13-14-4-2-1-3-5-14/h1-12H,13H2,(H,25,27). The minimum atomic E-state index is -0.698. The zero-order chi connectivity index (χ0) is 19.5. The number of fused-ring (bicyclic) bond motifs is 1. The van der Waals surface area contributed by atoms with Crippen molar-refractivity contribution >= 4 is 17.6 Å². The van der Waals surface area contributed by atoms with Crippen molar-refractivity contribution in [2.24, 2.45) is 0 Å². The summed E-state index contributed by atoms with van der Waals surface area (Å²) in [5.41, 5.74) is 2.26. The predicted octanol–water partition coefficient (Wildman–Crippen LogP) is 5.03. The van der Waals surface area contributed by atoms with Crippen LogP contribution >= 0.6 is 0 Å². The van der Waals surface area contributed by atoms with Crippen molar-refractivity contribution in [3.8, 4) is 11.3 Å². The molecular formula is C21H15F2N3O2. The lowest BCUT2D eigenvalue weighted by Crippen LogP contribution is -2.14. The number of carbonyl (C=O) groups excluding carboxylic acids is 1. The van der Waals surface area contributed by atoms with E-state index in [1.54, 1.807) is 0 Å². The fraction of sp³-hybridized carbons (Fsp3) is 0.0476. The molecular weight excluding hydrogens is 364 g/mol. The largest absolute Gasteiger partial charge is 0.444 e. The van der Waals surface area contributed by atoms with Crippen LogP contribution < -0.4 is 5.32 Å². The minimum Gasteiger partial charge on any atom is -0.444 e. The summed E-state index contributed by atoms with van der Waals surface area (Å²) in [5.74, 6) is -0.678. The van der Waals surface area contributed by atoms with Crippen LogP contribution in [0.15, 0.2) is 72.9 Å². The Morgan fingerprint density at radius 3 is 2.43 bits per heavy atom. The van der Waals surface area contributed by atoms with Gasteiger partial charge in [0, 0.05) is 11.8 Å². The van der Waals surface area contributed by atoms with Crippen LogP contribution in [0.2, 0.25) is 0 Å². The van der Waals surface area contributed by atoms with Crippen molar-refractivity contribution in [2.75, 3.05) is 5.32 Å². The van der Waals surface area contributed by atoms with Gasteiger partial charge in [0.25, 0.3) is 0 Å². The fourth-order valence-electron chi connectivity index (χ4n) is 2.85. The molecule has 2 heterocycles. The topological polar surface area (TPSA) is 55.6 Å². The lowest BCUT2D eigenvalue weighted by atomic mass is 10.1. The SMILES string of the molecule is O=C(Nc1nc2ccc(F)cn2c1-c1ccc(F)cc1)OCc1ccccc1. The summed E-state index contributed by atoms with van der Waals surface area (Å²) in [6, 6.07) is 17.6. The Balaban J connectivity index is 1.65. The molecule has 0 aliphatic carbocycles. The molecule has 1 N–H and O–H groups in total. The number of halogens is 2. The third kappa shape index (κ3) is 3.68. The lowest BCUT2D eigenvalue weighted by molar-refractivity contribution is 0.155. The molecule has 4 aromatic rings. The maximum Gasteiger partial charge on any atom is 0.413 e. The molecule has 2 aromatic heterocycles. The van der Waals surface area contributed by atoms with E-state index in [1.807, 2.05) is 30.3 Å². The van der Waals surface area contributed by atoms with Crippen molar-refractivity contribution < 1.29 is 18.3 Å². The van der Waals surface area contributed by atoms with E-state index in [9.17, 15) is 13.6 Å². The summed E-state index contributed by atoms with van der Waals surface area (Å²) in [7, 11) is 0. The summed E-state index contributed by atoms with van der Waals surface area (Å²) < 4.78 is 33.8. The molecule has 1 amide bonds. The number of amides is 1. The number of pyridine rings is 1. The lowest BCUT2D eigenvalue weighted by Gasteiger charge is -2.08. The summed E-state index contributed by atoms with van der Waals surface area (Å²) in [4.78, 5) is 16.6. The normalized spacial score (nSPS) is 10.8. The van der Waals surface area contributed by atoms with Crippen LogP contribution in [0.25, 0.3) is 16.9 Å². The van der Waals surface area contributed by atoms with Crippen molar-refractivity contribution in [3.63, 3.8) is 0 Å². The molecule has 4 rings (SSSR count). The summed E-state index contributed by atoms with van der Waals surface area (Å²) >= 11 is 0. The Hall–Kier alpha value is -3.74. The molecule has 0 radical (unpaired) electrons. The molecule has 0 fully saturated rings. The number of imidazole rings is 1. The first-order valence-electron chi connectivity index (χ1n) is 8.51. The second kappa shape index (κ2) is 7.48. The van der Waals surface area contributed by atoms with Gasteiger partial charge in [-0.3, -0.25) is 9.72 Å². The van der Waals surface area contributed by atoms with Gasteiger partial charge in [-0.25, -0.2) is 18.6 Å². The van der Waals surface area contributed by atoms with Crippen molar-refractivity contribution in [2.45, 2.75) is 6.61 Å². The Labute approximate surface area is 159 Å². The quantitative estimate of drug-likeness (QED) is 0.541. The van der Waals surface area contributed by atoms with Crippen molar-refractivity contribution in [1.29, 1.82) is 0 Å².